The fourth-order valence-electron chi connectivity index (χ4n) is 1.59. The first-order chi connectivity index (χ1) is 7.84. The number of benzene rings is 1. The van der Waals surface area contributed by atoms with Gasteiger partial charge in [-0.1, -0.05) is 0 Å². The highest BCUT2D eigenvalue weighted by Gasteiger charge is 2.02. The zero-order chi connectivity index (χ0) is 11.0. The summed E-state index contributed by atoms with van der Waals surface area (Å²) in [6, 6.07) is 6.10. The topological polar surface area (TPSA) is 43.6 Å². The van der Waals surface area contributed by atoms with Crippen LogP contribution in [0.2, 0.25) is 0 Å². The third-order valence-electron chi connectivity index (χ3n) is 2.37. The number of hydrogen-bond acceptors (Lipinski definition) is 3. The summed E-state index contributed by atoms with van der Waals surface area (Å²) in [5.74, 6) is 0. The van der Waals surface area contributed by atoms with Gasteiger partial charge in [-0.3, -0.25) is 0 Å². The van der Waals surface area contributed by atoms with Crippen LogP contribution < -0.4 is 0 Å². The van der Waals surface area contributed by atoms with Crippen molar-refractivity contribution < 1.29 is 0 Å². The van der Waals surface area contributed by atoms with Crippen molar-refractivity contribution in [3.05, 3.63) is 46.9 Å². The molecule has 0 N–H and O–H groups in total. The van der Waals surface area contributed by atoms with E-state index in [-0.39, 0.29) is 0 Å². The number of fused-ring (bicyclic) bond motifs is 1. The minimum Gasteiger partial charge on any atom is -0.306 e. The molecule has 16 heavy (non-hydrogen) atoms. The van der Waals surface area contributed by atoms with Crippen LogP contribution >= 0.6 is 22.6 Å². The predicted molar refractivity (Wildman–Crippen MR) is 69.4 cm³/mol. The van der Waals surface area contributed by atoms with Gasteiger partial charge in [0.05, 0.1) is 11.8 Å². The first kappa shape index (κ1) is 9.71. The molecule has 0 amide bonds. The van der Waals surface area contributed by atoms with Gasteiger partial charge in [-0.2, -0.15) is 0 Å². The molecule has 0 aliphatic heterocycles. The smallest absolute Gasteiger partial charge is 0.117 e. The van der Waals surface area contributed by atoms with E-state index in [1.807, 2.05) is 29.0 Å². The zero-order valence-corrected chi connectivity index (χ0v) is 10.4. The van der Waals surface area contributed by atoms with Crippen molar-refractivity contribution in [2.24, 2.45) is 0 Å². The van der Waals surface area contributed by atoms with Crippen LogP contribution in [0.1, 0.15) is 0 Å². The third-order valence-corrected chi connectivity index (χ3v) is 3.23. The Morgan fingerprint density at radius 1 is 1.19 bits per heavy atom. The van der Waals surface area contributed by atoms with E-state index < -0.39 is 0 Å². The van der Waals surface area contributed by atoms with Crippen molar-refractivity contribution in [2.45, 2.75) is 0 Å². The van der Waals surface area contributed by atoms with E-state index in [0.29, 0.717) is 0 Å². The number of imidazole rings is 1. The second kappa shape index (κ2) is 3.82. The van der Waals surface area contributed by atoms with E-state index in [4.69, 9.17) is 0 Å². The lowest BCUT2D eigenvalue weighted by molar-refractivity contribution is 1.06. The van der Waals surface area contributed by atoms with E-state index in [0.717, 1.165) is 20.3 Å². The van der Waals surface area contributed by atoms with Crippen LogP contribution in [0.15, 0.2) is 43.2 Å². The van der Waals surface area contributed by atoms with E-state index in [1.165, 1.54) is 0 Å². The SMILES string of the molecule is Ic1ncnc2cc(-n3ccnc3)ccc12. The van der Waals surface area contributed by atoms with E-state index >= 15 is 0 Å². The van der Waals surface area contributed by atoms with Crippen molar-refractivity contribution in [3.8, 4) is 5.69 Å². The van der Waals surface area contributed by atoms with Crippen LogP contribution in [-0.2, 0) is 0 Å². The fourth-order valence-corrected chi connectivity index (χ4v) is 2.17. The molecule has 0 aliphatic carbocycles. The molecule has 0 spiro atoms. The van der Waals surface area contributed by atoms with Gasteiger partial charge in [-0.05, 0) is 40.8 Å². The van der Waals surface area contributed by atoms with Crippen molar-refractivity contribution >= 4 is 33.5 Å². The molecule has 0 atom stereocenters. The lowest BCUT2D eigenvalue weighted by atomic mass is 10.2. The highest BCUT2D eigenvalue weighted by atomic mass is 127. The molecule has 0 radical (unpaired) electrons. The summed E-state index contributed by atoms with van der Waals surface area (Å²) < 4.78 is 2.92. The Morgan fingerprint density at radius 2 is 2.12 bits per heavy atom. The Labute approximate surface area is 106 Å². The molecule has 78 valence electrons. The standard InChI is InChI=1S/C11H7IN4/c12-11-9-2-1-8(16-4-3-13-7-16)5-10(9)14-6-15-11/h1-7H. The molecular formula is C11H7IN4. The fraction of sp³-hybridized carbons (Fsp3) is 0. The van der Waals surface area contributed by atoms with Gasteiger partial charge in [0, 0.05) is 23.5 Å². The predicted octanol–water partition coefficient (Wildman–Crippen LogP) is 2.42. The van der Waals surface area contributed by atoms with Gasteiger partial charge in [0.1, 0.15) is 10.0 Å². The van der Waals surface area contributed by atoms with Crippen LogP contribution in [0, 0.1) is 3.70 Å². The van der Waals surface area contributed by atoms with Gasteiger partial charge in [-0.25, -0.2) is 15.0 Å². The average Bonchev–Trinajstić information content (AvgIpc) is 2.82. The van der Waals surface area contributed by atoms with E-state index in [1.54, 1.807) is 18.9 Å². The molecule has 0 saturated carbocycles. The molecule has 1 aromatic carbocycles. The molecule has 2 aromatic heterocycles. The number of rotatable bonds is 1. The Balaban J connectivity index is 2.24. The minimum absolute atomic E-state index is 0.950. The van der Waals surface area contributed by atoms with Crippen LogP contribution in [0.5, 0.6) is 0 Å². The summed E-state index contributed by atoms with van der Waals surface area (Å²) in [7, 11) is 0. The van der Waals surface area contributed by atoms with Crippen LogP contribution in [0.3, 0.4) is 0 Å². The number of halogens is 1. The molecule has 0 aliphatic rings. The maximum absolute atomic E-state index is 4.26. The highest BCUT2D eigenvalue weighted by Crippen LogP contribution is 2.19. The summed E-state index contributed by atoms with van der Waals surface area (Å²) >= 11 is 2.21. The Kier molecular flexibility index (Phi) is 2.32. The molecule has 0 fully saturated rings. The summed E-state index contributed by atoms with van der Waals surface area (Å²) in [4.78, 5) is 12.4. The second-order valence-electron chi connectivity index (χ2n) is 3.34. The largest absolute Gasteiger partial charge is 0.306 e. The van der Waals surface area contributed by atoms with Crippen LogP contribution in [-0.4, -0.2) is 19.5 Å². The average molecular weight is 322 g/mol. The molecule has 3 rings (SSSR count). The maximum atomic E-state index is 4.26. The minimum atomic E-state index is 0.950. The molecule has 2 heterocycles. The monoisotopic (exact) mass is 322 g/mol. The third kappa shape index (κ3) is 1.57. The zero-order valence-electron chi connectivity index (χ0n) is 8.21. The molecular weight excluding hydrogens is 315 g/mol. The van der Waals surface area contributed by atoms with Gasteiger partial charge in [0.15, 0.2) is 0 Å². The quantitative estimate of drug-likeness (QED) is 0.510. The second-order valence-corrected chi connectivity index (χ2v) is 4.36. The molecule has 0 unspecified atom stereocenters. The first-order valence-electron chi connectivity index (χ1n) is 4.73. The summed E-state index contributed by atoms with van der Waals surface area (Å²) in [6.45, 7) is 0. The van der Waals surface area contributed by atoms with Gasteiger partial charge in [-0.15, -0.1) is 0 Å². The van der Waals surface area contributed by atoms with E-state index in [2.05, 4.69) is 37.5 Å². The highest BCUT2D eigenvalue weighted by molar-refractivity contribution is 14.1. The van der Waals surface area contributed by atoms with Crippen molar-refractivity contribution in [1.82, 2.24) is 19.5 Å². The lowest BCUT2D eigenvalue weighted by Gasteiger charge is -2.04. The van der Waals surface area contributed by atoms with E-state index in [9.17, 15) is 0 Å². The number of hydrogen-bond donors (Lipinski definition) is 0. The lowest BCUT2D eigenvalue weighted by Crippen LogP contribution is -1.92. The van der Waals surface area contributed by atoms with Crippen molar-refractivity contribution in [2.75, 3.05) is 0 Å². The first-order valence-corrected chi connectivity index (χ1v) is 5.81. The normalized spacial score (nSPS) is 10.8. The summed E-state index contributed by atoms with van der Waals surface area (Å²) in [5, 5.41) is 1.08. The molecule has 0 bridgehead atoms. The summed E-state index contributed by atoms with van der Waals surface area (Å²) in [5.41, 5.74) is 2.00. The van der Waals surface area contributed by atoms with Gasteiger partial charge >= 0.3 is 0 Å². The Hall–Kier alpha value is -1.50. The molecule has 4 nitrogen and oxygen atoms in total. The Morgan fingerprint density at radius 3 is 2.94 bits per heavy atom. The molecule has 5 heteroatoms. The number of aromatic nitrogens is 4. The molecule has 3 aromatic rings. The van der Waals surface area contributed by atoms with Crippen molar-refractivity contribution in [1.29, 1.82) is 0 Å². The van der Waals surface area contributed by atoms with Gasteiger partial charge in [0.25, 0.3) is 0 Å². The van der Waals surface area contributed by atoms with Gasteiger partial charge in [0.2, 0.25) is 0 Å². The number of nitrogens with zero attached hydrogens (tertiary/aromatic N) is 4. The maximum Gasteiger partial charge on any atom is 0.117 e. The van der Waals surface area contributed by atoms with Crippen molar-refractivity contribution in [3.63, 3.8) is 0 Å². The summed E-state index contributed by atoms with van der Waals surface area (Å²) in [6.07, 6.45) is 7.02. The van der Waals surface area contributed by atoms with Crippen LogP contribution in [0.25, 0.3) is 16.6 Å². The van der Waals surface area contributed by atoms with Crippen LogP contribution in [0.4, 0.5) is 0 Å². The Bertz CT molecular complexity index is 634. The molecule has 0 saturated heterocycles. The van der Waals surface area contributed by atoms with Gasteiger partial charge < -0.3 is 4.57 Å².